The summed E-state index contributed by atoms with van der Waals surface area (Å²) in [6, 6.07) is 26.4. The minimum atomic E-state index is -1.71. The summed E-state index contributed by atoms with van der Waals surface area (Å²) in [5, 5.41) is 23.7. The van der Waals surface area contributed by atoms with E-state index >= 15 is 0 Å². The largest absolute Gasteiger partial charge is 0.475 e. The van der Waals surface area contributed by atoms with Crippen LogP contribution in [0.1, 0.15) is 22.6 Å². The van der Waals surface area contributed by atoms with E-state index in [1.165, 1.54) is 0 Å². The molecule has 0 fully saturated rings. The third kappa shape index (κ3) is 4.30. The molecule has 150 valence electrons. The minimum Gasteiger partial charge on any atom is -0.464 e. The van der Waals surface area contributed by atoms with Gasteiger partial charge in [0, 0.05) is 5.39 Å². The SMILES string of the molecule is O=C(NC(Cc1coc2ccccc12)B(O)O)C(c1ccccc1)c1ccccc1. The van der Waals surface area contributed by atoms with Crippen LogP contribution in [-0.2, 0) is 11.2 Å². The number of fused-ring (bicyclic) bond motifs is 1. The Labute approximate surface area is 175 Å². The molecule has 30 heavy (non-hydrogen) atoms. The third-order valence-electron chi connectivity index (χ3n) is 5.22. The van der Waals surface area contributed by atoms with E-state index in [-0.39, 0.29) is 12.3 Å². The molecule has 0 aliphatic heterocycles. The van der Waals surface area contributed by atoms with Gasteiger partial charge >= 0.3 is 7.12 Å². The highest BCUT2D eigenvalue weighted by Gasteiger charge is 2.31. The number of benzene rings is 3. The molecule has 3 N–H and O–H groups in total. The van der Waals surface area contributed by atoms with Gasteiger partial charge in [0.25, 0.3) is 0 Å². The monoisotopic (exact) mass is 399 g/mol. The van der Waals surface area contributed by atoms with Gasteiger partial charge in [-0.1, -0.05) is 78.9 Å². The summed E-state index contributed by atoms with van der Waals surface area (Å²) in [5.74, 6) is -1.73. The lowest BCUT2D eigenvalue weighted by atomic mass is 9.75. The summed E-state index contributed by atoms with van der Waals surface area (Å²) < 4.78 is 5.54. The molecule has 5 nitrogen and oxygen atoms in total. The van der Waals surface area contributed by atoms with Crippen LogP contribution >= 0.6 is 0 Å². The summed E-state index contributed by atoms with van der Waals surface area (Å²) >= 11 is 0. The summed E-state index contributed by atoms with van der Waals surface area (Å²) in [6.45, 7) is 0. The van der Waals surface area contributed by atoms with Crippen molar-refractivity contribution in [3.05, 3.63) is 108 Å². The lowest BCUT2D eigenvalue weighted by Gasteiger charge is -2.23. The molecule has 1 heterocycles. The summed E-state index contributed by atoms with van der Waals surface area (Å²) in [4.78, 5) is 13.3. The fraction of sp³-hybridized carbons (Fsp3) is 0.125. The Morgan fingerprint density at radius 1 is 0.867 bits per heavy atom. The number of carbonyl (C=O) groups excluding carboxylic acids is 1. The molecule has 1 unspecified atom stereocenters. The predicted octanol–water partition coefficient (Wildman–Crippen LogP) is 3.30. The Balaban J connectivity index is 1.60. The van der Waals surface area contributed by atoms with E-state index < -0.39 is 19.0 Å². The number of furan rings is 1. The van der Waals surface area contributed by atoms with Gasteiger partial charge in [0.2, 0.25) is 5.91 Å². The molecule has 1 amide bonds. The average Bonchev–Trinajstić information content (AvgIpc) is 3.18. The highest BCUT2D eigenvalue weighted by Crippen LogP contribution is 2.26. The molecule has 0 aliphatic carbocycles. The van der Waals surface area contributed by atoms with E-state index in [2.05, 4.69) is 5.32 Å². The molecule has 0 radical (unpaired) electrons. The van der Waals surface area contributed by atoms with Crippen molar-refractivity contribution in [2.24, 2.45) is 0 Å². The molecular formula is C24H22BNO4. The minimum absolute atomic E-state index is 0.233. The Morgan fingerprint density at radius 3 is 2.03 bits per heavy atom. The van der Waals surface area contributed by atoms with Crippen LogP contribution in [0, 0.1) is 0 Å². The van der Waals surface area contributed by atoms with Crippen LogP contribution < -0.4 is 5.32 Å². The summed E-state index contributed by atoms with van der Waals surface area (Å²) in [5.41, 5.74) is 3.19. The molecule has 1 aromatic heterocycles. The van der Waals surface area contributed by atoms with Crippen molar-refractivity contribution in [3.63, 3.8) is 0 Å². The lowest BCUT2D eigenvalue weighted by molar-refractivity contribution is -0.122. The second kappa shape index (κ2) is 8.99. The second-order valence-corrected chi connectivity index (χ2v) is 7.24. The normalized spacial score (nSPS) is 12.1. The Kier molecular flexibility index (Phi) is 5.98. The second-order valence-electron chi connectivity index (χ2n) is 7.24. The first-order valence-corrected chi connectivity index (χ1v) is 9.85. The van der Waals surface area contributed by atoms with Crippen molar-refractivity contribution >= 4 is 24.0 Å². The molecule has 0 spiro atoms. The van der Waals surface area contributed by atoms with Gasteiger partial charge in [-0.05, 0) is 29.2 Å². The van der Waals surface area contributed by atoms with E-state index in [1.807, 2.05) is 84.9 Å². The number of nitrogens with one attached hydrogen (secondary N) is 1. The Hall–Kier alpha value is -3.35. The first kappa shape index (κ1) is 19.9. The summed E-state index contributed by atoms with van der Waals surface area (Å²) in [6.07, 6.45) is 1.83. The molecule has 0 saturated heterocycles. The molecule has 1 atom stereocenters. The van der Waals surface area contributed by atoms with Crippen LogP contribution in [0.25, 0.3) is 11.0 Å². The van der Waals surface area contributed by atoms with Crippen LogP contribution in [0.4, 0.5) is 0 Å². The maximum absolute atomic E-state index is 13.3. The molecule has 0 bridgehead atoms. The zero-order chi connectivity index (χ0) is 20.9. The topological polar surface area (TPSA) is 82.7 Å². The molecular weight excluding hydrogens is 377 g/mol. The number of amides is 1. The van der Waals surface area contributed by atoms with Gasteiger partial charge in [0.05, 0.1) is 18.1 Å². The number of carbonyl (C=O) groups is 1. The first-order chi connectivity index (χ1) is 14.6. The average molecular weight is 399 g/mol. The molecule has 0 saturated carbocycles. The van der Waals surface area contributed by atoms with E-state index in [9.17, 15) is 14.8 Å². The van der Waals surface area contributed by atoms with Crippen molar-refractivity contribution in [2.75, 3.05) is 0 Å². The highest BCUT2D eigenvalue weighted by molar-refractivity contribution is 6.43. The first-order valence-electron chi connectivity index (χ1n) is 9.85. The maximum Gasteiger partial charge on any atom is 0.475 e. The van der Waals surface area contributed by atoms with Crippen molar-refractivity contribution in [2.45, 2.75) is 18.3 Å². The zero-order valence-corrected chi connectivity index (χ0v) is 16.3. The zero-order valence-electron chi connectivity index (χ0n) is 16.3. The van der Waals surface area contributed by atoms with Gasteiger partial charge in [-0.3, -0.25) is 4.79 Å². The van der Waals surface area contributed by atoms with Crippen LogP contribution in [0.3, 0.4) is 0 Å². The van der Waals surface area contributed by atoms with E-state index in [0.29, 0.717) is 0 Å². The number of hydrogen-bond acceptors (Lipinski definition) is 4. The maximum atomic E-state index is 13.3. The molecule has 4 aromatic rings. The smallest absolute Gasteiger partial charge is 0.464 e. The van der Waals surface area contributed by atoms with Gasteiger partial charge < -0.3 is 19.8 Å². The number of para-hydroxylation sites is 1. The summed E-state index contributed by atoms with van der Waals surface area (Å²) in [7, 11) is -1.71. The molecule has 4 rings (SSSR count). The van der Waals surface area contributed by atoms with E-state index in [0.717, 1.165) is 27.7 Å². The van der Waals surface area contributed by atoms with E-state index in [4.69, 9.17) is 4.42 Å². The lowest BCUT2D eigenvalue weighted by Crippen LogP contribution is -2.49. The van der Waals surface area contributed by atoms with Crippen LogP contribution in [0.5, 0.6) is 0 Å². The molecule has 6 heteroatoms. The van der Waals surface area contributed by atoms with Crippen molar-refractivity contribution in [1.29, 1.82) is 0 Å². The Bertz CT molecular complexity index is 1070. The van der Waals surface area contributed by atoms with Gasteiger partial charge in [-0.25, -0.2) is 0 Å². The van der Waals surface area contributed by atoms with Gasteiger partial charge in [0.15, 0.2) is 0 Å². The van der Waals surface area contributed by atoms with Crippen LogP contribution in [0.2, 0.25) is 0 Å². The Morgan fingerprint density at radius 2 is 1.43 bits per heavy atom. The predicted molar refractivity (Wildman–Crippen MR) is 117 cm³/mol. The fourth-order valence-electron chi connectivity index (χ4n) is 3.71. The number of rotatable bonds is 7. The highest BCUT2D eigenvalue weighted by atomic mass is 16.4. The van der Waals surface area contributed by atoms with Crippen LogP contribution in [-0.4, -0.2) is 29.0 Å². The van der Waals surface area contributed by atoms with Gasteiger partial charge in [0.1, 0.15) is 5.58 Å². The standard InChI is InChI=1S/C24H22BNO4/c27-24(23(17-9-3-1-4-10-17)18-11-5-2-6-12-18)26-22(25(28)29)15-19-16-30-21-14-8-7-13-20(19)21/h1-14,16,22-23,28-29H,15H2,(H,26,27). The van der Waals surface area contributed by atoms with E-state index in [1.54, 1.807) is 6.26 Å². The molecule has 3 aromatic carbocycles. The van der Waals surface area contributed by atoms with Crippen molar-refractivity contribution in [1.82, 2.24) is 5.32 Å². The molecule has 0 aliphatic rings. The van der Waals surface area contributed by atoms with Crippen molar-refractivity contribution in [3.8, 4) is 0 Å². The van der Waals surface area contributed by atoms with Crippen LogP contribution in [0.15, 0.2) is 95.6 Å². The fourth-order valence-corrected chi connectivity index (χ4v) is 3.71. The third-order valence-corrected chi connectivity index (χ3v) is 5.22. The van der Waals surface area contributed by atoms with Gasteiger partial charge in [-0.2, -0.15) is 0 Å². The number of hydrogen-bond donors (Lipinski definition) is 3. The quantitative estimate of drug-likeness (QED) is 0.417. The van der Waals surface area contributed by atoms with Crippen molar-refractivity contribution < 1.29 is 19.3 Å². The van der Waals surface area contributed by atoms with Gasteiger partial charge in [-0.15, -0.1) is 0 Å².